The van der Waals surface area contributed by atoms with Gasteiger partial charge >= 0.3 is 5.97 Å². The second kappa shape index (κ2) is 12.7. The van der Waals surface area contributed by atoms with Gasteiger partial charge in [-0.05, 0) is 67.8 Å². The van der Waals surface area contributed by atoms with Gasteiger partial charge in [-0.3, -0.25) is 15.2 Å². The number of aromatic carboxylic acids is 1. The summed E-state index contributed by atoms with van der Waals surface area (Å²) in [4.78, 5) is 26.0. The van der Waals surface area contributed by atoms with E-state index in [1.54, 1.807) is 44.3 Å². The average molecular weight is 475 g/mol. The molecule has 8 nitrogen and oxygen atoms in total. The van der Waals surface area contributed by atoms with Crippen molar-refractivity contribution in [2.75, 3.05) is 24.8 Å². The van der Waals surface area contributed by atoms with Gasteiger partial charge in [0.15, 0.2) is 6.29 Å². The summed E-state index contributed by atoms with van der Waals surface area (Å²) >= 11 is 0. The number of carboxylic acid groups (broad SMARTS) is 1. The molecule has 0 fully saturated rings. The molecule has 0 spiro atoms. The summed E-state index contributed by atoms with van der Waals surface area (Å²) < 4.78 is 0. The van der Waals surface area contributed by atoms with Gasteiger partial charge in [-0.25, -0.2) is 4.79 Å². The van der Waals surface area contributed by atoms with Gasteiger partial charge in [0.1, 0.15) is 11.5 Å². The minimum Gasteiger partial charge on any atom is -0.505 e. The van der Waals surface area contributed by atoms with Crippen LogP contribution in [0.4, 0.5) is 11.4 Å². The number of carboxylic acids is 1. The van der Waals surface area contributed by atoms with Crippen molar-refractivity contribution in [1.29, 1.82) is 0 Å². The minimum absolute atomic E-state index is 0.106. The number of phenolic OH excluding ortho intramolecular Hbond substituents is 1. The van der Waals surface area contributed by atoms with E-state index in [-0.39, 0.29) is 22.7 Å². The van der Waals surface area contributed by atoms with E-state index in [1.165, 1.54) is 28.9 Å². The Bertz CT molecular complexity index is 1270. The van der Waals surface area contributed by atoms with E-state index in [1.807, 2.05) is 7.05 Å². The molecule has 0 aromatic heterocycles. The number of nitrogens with zero attached hydrogens (tertiary/aromatic N) is 2. The Kier molecular flexibility index (Phi) is 9.71. The van der Waals surface area contributed by atoms with E-state index in [9.17, 15) is 14.7 Å². The second-order valence-electron chi connectivity index (χ2n) is 7.67. The third kappa shape index (κ3) is 7.26. The van der Waals surface area contributed by atoms with Crippen molar-refractivity contribution in [3.8, 4) is 16.9 Å². The molecular formula is C27H30N4O4. The molecule has 0 saturated heterocycles. The van der Waals surface area contributed by atoms with Crippen LogP contribution in [0.1, 0.15) is 28.4 Å². The van der Waals surface area contributed by atoms with Crippen LogP contribution in [-0.4, -0.2) is 48.0 Å². The predicted octanol–water partition coefficient (Wildman–Crippen LogP) is 5.16. The Morgan fingerprint density at radius 3 is 2.31 bits per heavy atom. The molecule has 4 N–H and O–H groups in total. The zero-order chi connectivity index (χ0) is 26.0. The van der Waals surface area contributed by atoms with E-state index in [2.05, 4.69) is 52.9 Å². The normalized spacial score (nSPS) is 11.2. The first-order chi connectivity index (χ1) is 16.7. The Morgan fingerprint density at radius 2 is 1.71 bits per heavy atom. The first-order valence-corrected chi connectivity index (χ1v) is 10.8. The lowest BCUT2D eigenvalue weighted by Gasteiger charge is -2.10. The zero-order valence-corrected chi connectivity index (χ0v) is 20.5. The number of hydrogen-bond donors (Lipinski definition) is 4. The first kappa shape index (κ1) is 26.8. The van der Waals surface area contributed by atoms with E-state index >= 15 is 0 Å². The highest BCUT2D eigenvalue weighted by Crippen LogP contribution is 2.35. The van der Waals surface area contributed by atoms with E-state index in [0.717, 1.165) is 0 Å². The van der Waals surface area contributed by atoms with Crippen LogP contribution in [0.25, 0.3) is 11.1 Å². The van der Waals surface area contributed by atoms with Gasteiger partial charge < -0.3 is 15.5 Å². The molecule has 3 aromatic rings. The molecule has 0 aliphatic heterocycles. The number of carbonyl (C=O) groups excluding carboxylic acids is 1. The van der Waals surface area contributed by atoms with Crippen LogP contribution >= 0.6 is 0 Å². The average Bonchev–Trinajstić information content (AvgIpc) is 2.87. The fraction of sp³-hybridized carbons (Fsp3) is 0.185. The van der Waals surface area contributed by atoms with Crippen molar-refractivity contribution in [2.45, 2.75) is 20.8 Å². The molecule has 0 aliphatic carbocycles. The van der Waals surface area contributed by atoms with Gasteiger partial charge in [0.25, 0.3) is 0 Å². The van der Waals surface area contributed by atoms with Crippen molar-refractivity contribution < 1.29 is 19.8 Å². The third-order valence-corrected chi connectivity index (χ3v) is 5.37. The lowest BCUT2D eigenvalue weighted by Crippen LogP contribution is -2.14. The molecule has 3 rings (SSSR count). The van der Waals surface area contributed by atoms with E-state index in [4.69, 9.17) is 5.11 Å². The Hall–Kier alpha value is -4.46. The number of carbonyl (C=O) groups is 2. The summed E-state index contributed by atoms with van der Waals surface area (Å²) in [7, 11) is 3.48. The summed E-state index contributed by atoms with van der Waals surface area (Å²) in [5, 5.41) is 26.6. The Balaban J connectivity index is 0.000000360. The van der Waals surface area contributed by atoms with Gasteiger partial charge in [-0.1, -0.05) is 30.3 Å². The number of rotatable bonds is 7. The summed E-state index contributed by atoms with van der Waals surface area (Å²) in [5.41, 5.74) is 8.45. The van der Waals surface area contributed by atoms with Crippen LogP contribution < -0.4 is 10.7 Å². The molecule has 0 radical (unpaired) electrons. The Labute approximate surface area is 205 Å². The number of aromatic hydroxyl groups is 1. The van der Waals surface area contributed by atoms with Crippen LogP contribution in [0.15, 0.2) is 70.8 Å². The number of nitrogens with one attached hydrogen (secondary N) is 2. The molecule has 0 amide bonds. The number of aryl methyl sites for hydroxylation is 2. The van der Waals surface area contributed by atoms with Crippen LogP contribution in [0.5, 0.6) is 5.75 Å². The summed E-state index contributed by atoms with van der Waals surface area (Å²) in [6.07, 6.45) is 0.562. The van der Waals surface area contributed by atoms with Gasteiger partial charge in [0.05, 0.1) is 17.0 Å². The molecule has 8 heteroatoms. The lowest BCUT2D eigenvalue weighted by molar-refractivity contribution is -0.102. The van der Waals surface area contributed by atoms with Crippen molar-refractivity contribution in [3.05, 3.63) is 77.4 Å². The van der Waals surface area contributed by atoms with Crippen LogP contribution in [-0.2, 0) is 4.79 Å². The number of anilines is 2. The van der Waals surface area contributed by atoms with E-state index in [0.29, 0.717) is 23.1 Å². The summed E-state index contributed by atoms with van der Waals surface area (Å²) in [5.74, 6) is -1.16. The van der Waals surface area contributed by atoms with E-state index < -0.39 is 5.97 Å². The zero-order valence-electron chi connectivity index (χ0n) is 20.5. The maximum Gasteiger partial charge on any atom is 0.335 e. The Morgan fingerprint density at radius 1 is 1.00 bits per heavy atom. The van der Waals surface area contributed by atoms with Crippen molar-refractivity contribution in [1.82, 2.24) is 0 Å². The van der Waals surface area contributed by atoms with Crippen LogP contribution in [0.2, 0.25) is 0 Å². The monoisotopic (exact) mass is 474 g/mol. The molecular weight excluding hydrogens is 444 g/mol. The van der Waals surface area contributed by atoms with Crippen LogP contribution in [0, 0.1) is 13.8 Å². The molecule has 0 unspecified atom stereocenters. The molecule has 0 heterocycles. The molecule has 35 heavy (non-hydrogen) atoms. The fourth-order valence-corrected chi connectivity index (χ4v) is 3.01. The number of aliphatic imine (C=N–C) groups is 1. The van der Waals surface area contributed by atoms with Gasteiger partial charge in [-0.15, -0.1) is 0 Å². The maximum atomic E-state index is 11.1. The van der Waals surface area contributed by atoms with Crippen molar-refractivity contribution in [3.63, 3.8) is 0 Å². The summed E-state index contributed by atoms with van der Waals surface area (Å²) in [6, 6.07) is 17.5. The van der Waals surface area contributed by atoms with Gasteiger partial charge in [0, 0.05) is 25.3 Å². The number of para-hydroxylation sites is 1. The number of hydrazone groups is 1. The highest BCUT2D eigenvalue weighted by molar-refractivity contribution is 6.61. The minimum atomic E-state index is -1.05. The maximum absolute atomic E-state index is 11.1. The summed E-state index contributed by atoms with van der Waals surface area (Å²) in [6.45, 7) is 5.88. The van der Waals surface area contributed by atoms with Crippen LogP contribution in [0.3, 0.4) is 0 Å². The third-order valence-electron chi connectivity index (χ3n) is 5.37. The van der Waals surface area contributed by atoms with Gasteiger partial charge in [-0.2, -0.15) is 5.10 Å². The largest absolute Gasteiger partial charge is 0.505 e. The topological polar surface area (TPSA) is 123 Å². The molecule has 0 bridgehead atoms. The van der Waals surface area contributed by atoms with Crippen molar-refractivity contribution in [2.24, 2.45) is 10.1 Å². The number of aldehydes is 1. The number of benzene rings is 3. The van der Waals surface area contributed by atoms with Crippen molar-refractivity contribution >= 4 is 35.1 Å². The quantitative estimate of drug-likeness (QED) is 0.162. The molecule has 0 atom stereocenters. The number of hydrogen-bond acceptors (Lipinski definition) is 7. The highest BCUT2D eigenvalue weighted by Gasteiger charge is 2.11. The SMILES string of the molecule is CN=C(C)/C(C=O)=N/Nc1cccc(-c2cccc(C(=O)O)c2)c1O.CNc1ccc(C)c(C)c1. The highest BCUT2D eigenvalue weighted by atomic mass is 16.4. The molecule has 0 saturated carbocycles. The second-order valence-corrected chi connectivity index (χ2v) is 7.67. The van der Waals surface area contributed by atoms with Gasteiger partial charge in [0.2, 0.25) is 0 Å². The first-order valence-electron chi connectivity index (χ1n) is 10.8. The standard InChI is InChI=1S/C18H17N3O4.C9H13N/c1-11(19-2)16(10-22)21-20-15-8-4-7-14(17(15)23)12-5-3-6-13(9-12)18(24)25;1-7-4-5-9(10-3)6-8(7)2/h3-10,20,23H,1-2H3,(H,24,25);4-6,10H,1-3H3/b19-11?,21-16+;. The fourth-order valence-electron chi connectivity index (χ4n) is 3.01. The smallest absolute Gasteiger partial charge is 0.335 e. The predicted molar refractivity (Wildman–Crippen MR) is 142 cm³/mol. The molecule has 3 aromatic carbocycles. The number of phenols is 1. The lowest BCUT2D eigenvalue weighted by atomic mass is 10.0. The molecule has 182 valence electrons. The molecule has 0 aliphatic rings.